The predicted octanol–water partition coefficient (Wildman–Crippen LogP) is 1.83. The van der Waals surface area contributed by atoms with Gasteiger partial charge in [0.15, 0.2) is 0 Å². The van der Waals surface area contributed by atoms with Gasteiger partial charge in [0, 0.05) is 17.8 Å². The van der Waals surface area contributed by atoms with Crippen LogP contribution in [0.15, 0.2) is 6.20 Å². The molecule has 0 spiro atoms. The summed E-state index contributed by atoms with van der Waals surface area (Å²) in [5, 5.41) is 3.57. The number of nitrogens with one attached hydrogen (secondary N) is 1. The second-order valence-electron chi connectivity index (χ2n) is 4.38. The summed E-state index contributed by atoms with van der Waals surface area (Å²) in [7, 11) is 0. The summed E-state index contributed by atoms with van der Waals surface area (Å²) in [5.74, 6) is 0.398. The molecule has 1 aliphatic carbocycles. The van der Waals surface area contributed by atoms with Crippen molar-refractivity contribution in [2.45, 2.75) is 45.1 Å². The van der Waals surface area contributed by atoms with Gasteiger partial charge in [-0.2, -0.15) is 0 Å². The number of nitrogens with two attached hydrogens (primary N) is 1. The van der Waals surface area contributed by atoms with Crippen LogP contribution >= 0.6 is 0 Å². The third-order valence-corrected chi connectivity index (χ3v) is 3.09. The molecular formula is C12H20N4. The molecule has 0 amide bonds. The van der Waals surface area contributed by atoms with E-state index in [0.717, 1.165) is 25.1 Å². The van der Waals surface area contributed by atoms with Crippen LogP contribution in [-0.2, 0) is 6.42 Å². The smallest absolute Gasteiger partial charge is 0.220 e. The number of aryl methyl sites for hydroxylation is 1. The summed E-state index contributed by atoms with van der Waals surface area (Å²) in [4.78, 5) is 8.48. The minimum absolute atomic E-state index is 0.398. The molecule has 0 radical (unpaired) electrons. The van der Waals surface area contributed by atoms with Crippen LogP contribution in [-0.4, -0.2) is 16.5 Å². The fourth-order valence-corrected chi connectivity index (χ4v) is 2.26. The number of hydrogen-bond donors (Lipinski definition) is 2. The first-order valence-electron chi connectivity index (χ1n) is 6.16. The molecule has 0 aliphatic heterocycles. The molecule has 1 unspecified atom stereocenters. The van der Waals surface area contributed by atoms with Crippen molar-refractivity contribution in [1.82, 2.24) is 15.3 Å². The first kappa shape index (κ1) is 11.3. The van der Waals surface area contributed by atoms with E-state index in [0.29, 0.717) is 12.0 Å². The molecule has 0 aromatic carbocycles. The van der Waals surface area contributed by atoms with Gasteiger partial charge >= 0.3 is 0 Å². The summed E-state index contributed by atoms with van der Waals surface area (Å²) in [6, 6.07) is 0.415. The summed E-state index contributed by atoms with van der Waals surface area (Å²) in [5.41, 5.74) is 8.02. The number of aromatic nitrogens is 2. The van der Waals surface area contributed by atoms with E-state index in [-0.39, 0.29) is 0 Å². The standard InChI is InChI=1S/C12H20N4/c1-2-7-14-10-5-3-4-6-11-9(10)8-15-12(13)16-11/h8,10,14H,2-7H2,1H3,(H2,13,15,16). The third-order valence-electron chi connectivity index (χ3n) is 3.09. The fourth-order valence-electron chi connectivity index (χ4n) is 2.26. The summed E-state index contributed by atoms with van der Waals surface area (Å²) in [6.07, 6.45) is 7.72. The van der Waals surface area contributed by atoms with Gasteiger partial charge in [0.25, 0.3) is 0 Å². The zero-order valence-electron chi connectivity index (χ0n) is 9.87. The van der Waals surface area contributed by atoms with Gasteiger partial charge in [-0.25, -0.2) is 9.97 Å². The second kappa shape index (κ2) is 5.25. The maximum Gasteiger partial charge on any atom is 0.220 e. The Balaban J connectivity index is 2.22. The Bertz CT molecular complexity index is 351. The lowest BCUT2D eigenvalue weighted by Crippen LogP contribution is -2.23. The van der Waals surface area contributed by atoms with Crippen LogP contribution in [0.3, 0.4) is 0 Å². The molecular weight excluding hydrogens is 200 g/mol. The molecule has 1 aromatic heterocycles. The van der Waals surface area contributed by atoms with Gasteiger partial charge in [-0.3, -0.25) is 0 Å². The number of rotatable bonds is 3. The highest BCUT2D eigenvalue weighted by atomic mass is 15.0. The van der Waals surface area contributed by atoms with E-state index >= 15 is 0 Å². The van der Waals surface area contributed by atoms with E-state index in [1.807, 2.05) is 6.20 Å². The molecule has 2 rings (SSSR count). The van der Waals surface area contributed by atoms with Crippen molar-refractivity contribution < 1.29 is 0 Å². The zero-order chi connectivity index (χ0) is 11.4. The molecule has 88 valence electrons. The normalized spacial score (nSPS) is 20.2. The lowest BCUT2D eigenvalue weighted by Gasteiger charge is -2.18. The maximum atomic E-state index is 5.64. The van der Waals surface area contributed by atoms with Crippen LogP contribution in [0.1, 0.15) is 49.9 Å². The van der Waals surface area contributed by atoms with Crippen LogP contribution < -0.4 is 11.1 Å². The summed E-state index contributed by atoms with van der Waals surface area (Å²) < 4.78 is 0. The monoisotopic (exact) mass is 220 g/mol. The van der Waals surface area contributed by atoms with E-state index in [2.05, 4.69) is 22.2 Å². The van der Waals surface area contributed by atoms with Gasteiger partial charge < -0.3 is 11.1 Å². The second-order valence-corrected chi connectivity index (χ2v) is 4.38. The van der Waals surface area contributed by atoms with Crippen LogP contribution in [0.2, 0.25) is 0 Å². The molecule has 1 aromatic rings. The van der Waals surface area contributed by atoms with Crippen LogP contribution in [0, 0.1) is 0 Å². The van der Waals surface area contributed by atoms with Gasteiger partial charge in [-0.15, -0.1) is 0 Å². The van der Waals surface area contributed by atoms with Crippen LogP contribution in [0.25, 0.3) is 0 Å². The van der Waals surface area contributed by atoms with E-state index in [9.17, 15) is 0 Å². The fraction of sp³-hybridized carbons (Fsp3) is 0.667. The van der Waals surface area contributed by atoms with E-state index in [1.165, 1.54) is 24.8 Å². The molecule has 0 saturated carbocycles. The van der Waals surface area contributed by atoms with E-state index in [4.69, 9.17) is 5.73 Å². The third kappa shape index (κ3) is 2.50. The Morgan fingerprint density at radius 2 is 2.38 bits per heavy atom. The van der Waals surface area contributed by atoms with Gasteiger partial charge in [-0.1, -0.05) is 13.3 Å². The number of nitrogens with zero attached hydrogens (tertiary/aromatic N) is 2. The minimum atomic E-state index is 0.398. The average Bonchev–Trinajstić information content (AvgIpc) is 2.48. The molecule has 0 bridgehead atoms. The number of nitrogen functional groups attached to an aromatic ring is 1. The average molecular weight is 220 g/mol. The van der Waals surface area contributed by atoms with Crippen molar-refractivity contribution in [3.63, 3.8) is 0 Å². The highest BCUT2D eigenvalue weighted by Gasteiger charge is 2.19. The first-order chi connectivity index (χ1) is 7.81. The Morgan fingerprint density at radius 1 is 1.50 bits per heavy atom. The van der Waals surface area contributed by atoms with Crippen molar-refractivity contribution >= 4 is 5.95 Å². The molecule has 4 nitrogen and oxygen atoms in total. The maximum absolute atomic E-state index is 5.64. The molecule has 1 heterocycles. The topological polar surface area (TPSA) is 63.8 Å². The summed E-state index contributed by atoms with van der Waals surface area (Å²) in [6.45, 7) is 3.23. The van der Waals surface area contributed by atoms with Crippen molar-refractivity contribution in [3.05, 3.63) is 17.5 Å². The van der Waals surface area contributed by atoms with Crippen molar-refractivity contribution in [1.29, 1.82) is 0 Å². The predicted molar refractivity (Wildman–Crippen MR) is 65.0 cm³/mol. The molecule has 4 heteroatoms. The Labute approximate surface area is 96.7 Å². The van der Waals surface area contributed by atoms with Crippen molar-refractivity contribution in [2.24, 2.45) is 0 Å². The SMILES string of the molecule is CCCNC1CCCCc2nc(N)ncc21. The Hall–Kier alpha value is -1.16. The summed E-state index contributed by atoms with van der Waals surface area (Å²) >= 11 is 0. The van der Waals surface area contributed by atoms with Crippen LogP contribution in [0.5, 0.6) is 0 Å². The largest absolute Gasteiger partial charge is 0.368 e. The minimum Gasteiger partial charge on any atom is -0.368 e. The quantitative estimate of drug-likeness (QED) is 0.763. The molecule has 16 heavy (non-hydrogen) atoms. The van der Waals surface area contributed by atoms with E-state index < -0.39 is 0 Å². The molecule has 0 fully saturated rings. The first-order valence-corrected chi connectivity index (χ1v) is 6.16. The van der Waals surface area contributed by atoms with Gasteiger partial charge in [0.1, 0.15) is 0 Å². The van der Waals surface area contributed by atoms with Crippen LogP contribution in [0.4, 0.5) is 5.95 Å². The Kier molecular flexibility index (Phi) is 3.72. The lowest BCUT2D eigenvalue weighted by molar-refractivity contribution is 0.488. The van der Waals surface area contributed by atoms with Gasteiger partial charge in [0.05, 0.1) is 5.69 Å². The molecule has 3 N–H and O–H groups in total. The van der Waals surface area contributed by atoms with Gasteiger partial charge in [0.2, 0.25) is 5.95 Å². The molecule has 1 aliphatic rings. The highest BCUT2D eigenvalue weighted by molar-refractivity contribution is 5.28. The van der Waals surface area contributed by atoms with E-state index in [1.54, 1.807) is 0 Å². The van der Waals surface area contributed by atoms with Crippen molar-refractivity contribution in [3.8, 4) is 0 Å². The lowest BCUT2D eigenvalue weighted by atomic mass is 10.1. The zero-order valence-corrected chi connectivity index (χ0v) is 9.87. The molecule has 0 saturated heterocycles. The Morgan fingerprint density at radius 3 is 3.19 bits per heavy atom. The number of fused-ring (bicyclic) bond motifs is 1. The molecule has 1 atom stereocenters. The van der Waals surface area contributed by atoms with Crippen molar-refractivity contribution in [2.75, 3.05) is 12.3 Å². The highest BCUT2D eigenvalue weighted by Crippen LogP contribution is 2.27. The van der Waals surface area contributed by atoms with Gasteiger partial charge in [-0.05, 0) is 32.2 Å². The number of anilines is 1. The number of hydrogen-bond acceptors (Lipinski definition) is 4.